The molecular formula is C19H18N4O3S. The molecule has 8 heteroatoms. The van der Waals surface area contributed by atoms with E-state index in [0.29, 0.717) is 17.7 Å². The quantitative estimate of drug-likeness (QED) is 0.688. The van der Waals surface area contributed by atoms with E-state index in [4.69, 9.17) is 0 Å². The molecule has 0 saturated heterocycles. The Morgan fingerprint density at radius 1 is 1.22 bits per heavy atom. The third kappa shape index (κ3) is 3.12. The van der Waals surface area contributed by atoms with E-state index in [2.05, 4.69) is 10.3 Å². The van der Waals surface area contributed by atoms with Crippen molar-refractivity contribution in [3.05, 3.63) is 58.4 Å². The van der Waals surface area contributed by atoms with Gasteiger partial charge in [-0.15, -0.1) is 11.3 Å². The van der Waals surface area contributed by atoms with Gasteiger partial charge in [-0.05, 0) is 24.1 Å². The van der Waals surface area contributed by atoms with Crippen molar-refractivity contribution in [1.29, 1.82) is 0 Å². The molecule has 1 aliphatic heterocycles. The average Bonchev–Trinajstić information content (AvgIpc) is 3.29. The number of nitrogens with one attached hydrogen (secondary N) is 1. The fourth-order valence-electron chi connectivity index (χ4n) is 3.10. The first kappa shape index (κ1) is 17.4. The molecule has 1 aliphatic rings. The van der Waals surface area contributed by atoms with E-state index in [9.17, 15) is 14.4 Å². The van der Waals surface area contributed by atoms with Gasteiger partial charge < -0.3 is 5.32 Å². The smallest absolute Gasteiger partial charge is 0.261 e. The van der Waals surface area contributed by atoms with Crippen LogP contribution in [-0.4, -0.2) is 38.6 Å². The number of hydrogen-bond donors (Lipinski definition) is 1. The first-order valence-electron chi connectivity index (χ1n) is 8.63. The lowest BCUT2D eigenvalue weighted by molar-refractivity contribution is 0.0636. The molecule has 4 rings (SSSR count). The minimum absolute atomic E-state index is 0.180. The number of imidazole rings is 1. The van der Waals surface area contributed by atoms with Gasteiger partial charge in [-0.25, -0.2) is 4.98 Å². The van der Waals surface area contributed by atoms with Gasteiger partial charge >= 0.3 is 0 Å². The van der Waals surface area contributed by atoms with Crippen LogP contribution in [0.25, 0.3) is 4.96 Å². The Labute approximate surface area is 159 Å². The third-order valence-electron chi connectivity index (χ3n) is 4.35. The van der Waals surface area contributed by atoms with E-state index >= 15 is 0 Å². The van der Waals surface area contributed by atoms with Crippen molar-refractivity contribution < 1.29 is 14.4 Å². The molecule has 0 radical (unpaired) electrons. The molecule has 1 aromatic carbocycles. The average molecular weight is 382 g/mol. The lowest BCUT2D eigenvalue weighted by Gasteiger charge is -2.15. The number of rotatable bonds is 5. The number of carbonyl (C=O) groups is 3. The molecular weight excluding hydrogens is 364 g/mol. The molecule has 0 aliphatic carbocycles. The summed E-state index contributed by atoms with van der Waals surface area (Å²) >= 11 is 1.52. The Bertz CT molecular complexity index is 1040. The van der Waals surface area contributed by atoms with Crippen molar-refractivity contribution in [2.45, 2.75) is 20.4 Å². The monoisotopic (exact) mass is 382 g/mol. The van der Waals surface area contributed by atoms with Crippen LogP contribution in [-0.2, 0) is 6.54 Å². The number of benzene rings is 1. The Hall–Kier alpha value is -3.00. The van der Waals surface area contributed by atoms with Crippen molar-refractivity contribution in [2.75, 3.05) is 6.54 Å². The van der Waals surface area contributed by atoms with Gasteiger partial charge in [0.2, 0.25) is 0 Å². The third-order valence-corrected chi connectivity index (χ3v) is 5.12. The SMILES string of the molecule is CC(C)CN1C(=O)c2ccc(C(=O)NCc3cn4ccsc4n3)cc2C1=O. The first-order chi connectivity index (χ1) is 12.9. The number of amides is 3. The highest BCUT2D eigenvalue weighted by Crippen LogP contribution is 2.25. The summed E-state index contributed by atoms with van der Waals surface area (Å²) in [6, 6.07) is 4.62. The van der Waals surface area contributed by atoms with Crippen LogP contribution < -0.4 is 5.32 Å². The minimum Gasteiger partial charge on any atom is -0.346 e. The van der Waals surface area contributed by atoms with Crippen LogP contribution in [0.2, 0.25) is 0 Å². The zero-order valence-corrected chi connectivity index (χ0v) is 15.7. The fourth-order valence-corrected chi connectivity index (χ4v) is 3.82. The summed E-state index contributed by atoms with van der Waals surface area (Å²) in [7, 11) is 0. The summed E-state index contributed by atoms with van der Waals surface area (Å²) in [4.78, 5) is 43.9. The minimum atomic E-state index is -0.340. The standard InChI is InChI=1S/C19H18N4O3S/c1-11(2)9-23-17(25)14-4-3-12(7-15(14)18(23)26)16(24)20-8-13-10-22-5-6-27-19(22)21-13/h3-7,10-11H,8-9H2,1-2H3,(H,20,24). The van der Waals surface area contributed by atoms with E-state index in [-0.39, 0.29) is 35.7 Å². The van der Waals surface area contributed by atoms with Gasteiger partial charge in [-0.3, -0.25) is 23.7 Å². The second-order valence-electron chi connectivity index (χ2n) is 6.88. The molecule has 3 heterocycles. The number of imide groups is 1. The number of hydrogen-bond acceptors (Lipinski definition) is 5. The van der Waals surface area contributed by atoms with Gasteiger partial charge in [0.05, 0.1) is 23.4 Å². The Balaban J connectivity index is 1.49. The second-order valence-corrected chi connectivity index (χ2v) is 7.76. The van der Waals surface area contributed by atoms with Gasteiger partial charge in [0.1, 0.15) is 0 Å². The van der Waals surface area contributed by atoms with Crippen molar-refractivity contribution in [3.63, 3.8) is 0 Å². The summed E-state index contributed by atoms with van der Waals surface area (Å²) in [5, 5.41) is 4.75. The molecule has 0 spiro atoms. The van der Waals surface area contributed by atoms with Gasteiger partial charge in [-0.2, -0.15) is 0 Å². The maximum atomic E-state index is 12.5. The van der Waals surface area contributed by atoms with Crippen LogP contribution >= 0.6 is 11.3 Å². The van der Waals surface area contributed by atoms with Crippen LogP contribution in [0.15, 0.2) is 36.0 Å². The number of carbonyl (C=O) groups excluding carboxylic acids is 3. The predicted molar refractivity (Wildman–Crippen MR) is 101 cm³/mol. The Kier molecular flexibility index (Phi) is 4.27. The highest BCUT2D eigenvalue weighted by Gasteiger charge is 2.36. The van der Waals surface area contributed by atoms with Gasteiger partial charge in [0, 0.05) is 29.9 Å². The summed E-state index contributed by atoms with van der Waals surface area (Å²) in [5.41, 5.74) is 1.75. The molecule has 0 bridgehead atoms. The number of nitrogens with zero attached hydrogens (tertiary/aromatic N) is 3. The lowest BCUT2D eigenvalue weighted by atomic mass is 10.1. The zero-order chi connectivity index (χ0) is 19.1. The van der Waals surface area contributed by atoms with Crippen LogP contribution in [0.1, 0.15) is 50.6 Å². The van der Waals surface area contributed by atoms with Gasteiger partial charge in [0.15, 0.2) is 4.96 Å². The highest BCUT2D eigenvalue weighted by atomic mass is 32.1. The molecule has 0 atom stereocenters. The van der Waals surface area contributed by atoms with E-state index in [1.54, 1.807) is 12.1 Å². The first-order valence-corrected chi connectivity index (χ1v) is 9.51. The Morgan fingerprint density at radius 2 is 2.00 bits per heavy atom. The lowest BCUT2D eigenvalue weighted by Crippen LogP contribution is -2.33. The predicted octanol–water partition coefficient (Wildman–Crippen LogP) is 2.58. The Morgan fingerprint density at radius 3 is 2.74 bits per heavy atom. The summed E-state index contributed by atoms with van der Waals surface area (Å²) < 4.78 is 1.90. The summed E-state index contributed by atoms with van der Waals surface area (Å²) in [5.74, 6) is -0.766. The molecule has 0 saturated carbocycles. The largest absolute Gasteiger partial charge is 0.346 e. The summed E-state index contributed by atoms with van der Waals surface area (Å²) in [6.45, 7) is 4.55. The van der Waals surface area contributed by atoms with Gasteiger partial charge in [0.25, 0.3) is 17.7 Å². The van der Waals surface area contributed by atoms with Crippen molar-refractivity contribution >= 4 is 34.0 Å². The molecule has 0 unspecified atom stereocenters. The maximum absolute atomic E-state index is 12.5. The van der Waals surface area contributed by atoms with Crippen molar-refractivity contribution in [1.82, 2.24) is 19.6 Å². The molecule has 0 fully saturated rings. The molecule has 27 heavy (non-hydrogen) atoms. The molecule has 138 valence electrons. The highest BCUT2D eigenvalue weighted by molar-refractivity contribution is 7.15. The van der Waals surface area contributed by atoms with E-state index in [1.165, 1.54) is 22.3 Å². The maximum Gasteiger partial charge on any atom is 0.261 e. The topological polar surface area (TPSA) is 83.8 Å². The van der Waals surface area contributed by atoms with Crippen molar-refractivity contribution in [3.8, 4) is 0 Å². The molecule has 3 aromatic rings. The molecule has 1 N–H and O–H groups in total. The fraction of sp³-hybridized carbons (Fsp3) is 0.263. The van der Waals surface area contributed by atoms with Crippen LogP contribution in [0.3, 0.4) is 0 Å². The number of thiazole rings is 1. The summed E-state index contributed by atoms with van der Waals surface area (Å²) in [6.07, 6.45) is 3.77. The normalized spacial score (nSPS) is 13.7. The zero-order valence-electron chi connectivity index (χ0n) is 14.9. The molecule has 3 amide bonds. The van der Waals surface area contributed by atoms with Crippen LogP contribution in [0.4, 0.5) is 0 Å². The van der Waals surface area contributed by atoms with Crippen LogP contribution in [0.5, 0.6) is 0 Å². The number of aromatic nitrogens is 2. The molecule has 2 aromatic heterocycles. The van der Waals surface area contributed by atoms with Crippen molar-refractivity contribution in [2.24, 2.45) is 5.92 Å². The van der Waals surface area contributed by atoms with E-state index in [1.807, 2.05) is 36.0 Å². The van der Waals surface area contributed by atoms with Crippen LogP contribution in [0, 0.1) is 5.92 Å². The van der Waals surface area contributed by atoms with Gasteiger partial charge in [-0.1, -0.05) is 13.8 Å². The second kappa shape index (κ2) is 6.62. The van der Waals surface area contributed by atoms with E-state index in [0.717, 1.165) is 10.7 Å². The molecule has 7 nitrogen and oxygen atoms in total. The number of fused-ring (bicyclic) bond motifs is 2. The van der Waals surface area contributed by atoms with E-state index < -0.39 is 0 Å².